The number of carbonyl (C=O) groups is 3. The van der Waals surface area contributed by atoms with E-state index in [2.05, 4.69) is 10.4 Å². The number of nitrogens with one attached hydrogen (secondary N) is 1. The number of hydrogen-bond donors (Lipinski definition) is 1. The molecule has 3 aliphatic rings. The van der Waals surface area contributed by atoms with E-state index in [9.17, 15) is 14.4 Å². The normalized spacial score (nSPS) is 24.0. The third-order valence-corrected chi connectivity index (χ3v) is 7.18. The number of aryl methyl sites for hydroxylation is 1. The van der Waals surface area contributed by atoms with E-state index < -0.39 is 0 Å². The van der Waals surface area contributed by atoms with E-state index in [4.69, 9.17) is 4.74 Å². The molecule has 0 radical (unpaired) electrons. The number of nitrogens with zero attached hydrogens (tertiary/aromatic N) is 4. The lowest BCUT2D eigenvalue weighted by Gasteiger charge is -2.32. The number of hydrogen-bond acceptors (Lipinski definition) is 5. The molecule has 1 fully saturated rings. The van der Waals surface area contributed by atoms with Gasteiger partial charge >= 0.3 is 0 Å². The Kier molecular flexibility index (Phi) is 7.13. The summed E-state index contributed by atoms with van der Waals surface area (Å²) in [6.07, 6.45) is 5.58. The predicted octanol–water partition coefficient (Wildman–Crippen LogP) is 0.905. The van der Waals surface area contributed by atoms with E-state index in [1.807, 2.05) is 23.9 Å². The van der Waals surface area contributed by atoms with Gasteiger partial charge in [0.2, 0.25) is 11.8 Å². The van der Waals surface area contributed by atoms with Gasteiger partial charge in [-0.05, 0) is 44.9 Å². The molecule has 9 heteroatoms. The minimum atomic E-state index is -0.173. The second-order valence-electron chi connectivity index (χ2n) is 9.22. The predicted molar refractivity (Wildman–Crippen MR) is 118 cm³/mol. The molecule has 1 N–H and O–H groups in total. The molecule has 2 aliphatic heterocycles. The second kappa shape index (κ2) is 10.0. The maximum Gasteiger partial charge on any atom is 0.272 e. The first-order valence-corrected chi connectivity index (χ1v) is 11.9. The maximum absolute atomic E-state index is 13.1. The molecule has 3 amide bonds. The van der Waals surface area contributed by atoms with E-state index in [0.29, 0.717) is 64.2 Å². The maximum atomic E-state index is 13.1. The molecule has 1 saturated heterocycles. The molecule has 9 nitrogen and oxygen atoms in total. The zero-order valence-electron chi connectivity index (χ0n) is 19.3. The quantitative estimate of drug-likeness (QED) is 0.693. The van der Waals surface area contributed by atoms with E-state index in [1.165, 1.54) is 0 Å². The second-order valence-corrected chi connectivity index (χ2v) is 9.22. The first-order chi connectivity index (χ1) is 15.5. The van der Waals surface area contributed by atoms with Crippen LogP contribution in [0, 0.1) is 5.92 Å². The fraction of sp³-hybridized carbons (Fsp3) is 0.739. The number of aromatic nitrogens is 2. The van der Waals surface area contributed by atoms with Crippen molar-refractivity contribution in [3.8, 4) is 0 Å². The lowest BCUT2D eigenvalue weighted by atomic mass is 9.90. The standard InChI is InChI=1S/C23H35N5O4/c1-26-17-6-7-19-18(15-17)21(25-27(19)2)22(30)24-10-4-12-28(11-3-5-20(26)29)23(31)16-8-13-32-14-9-16/h16-17H,3-15H2,1-2H3,(H,24,30). The Bertz CT molecular complexity index is 861. The van der Waals surface area contributed by atoms with Gasteiger partial charge in [-0.15, -0.1) is 0 Å². The third kappa shape index (κ3) is 4.82. The van der Waals surface area contributed by atoms with Crippen LogP contribution in [0.3, 0.4) is 0 Å². The number of ether oxygens (including phenoxy) is 1. The lowest BCUT2D eigenvalue weighted by molar-refractivity contribution is -0.139. The first-order valence-electron chi connectivity index (χ1n) is 11.9. The number of amides is 3. The van der Waals surface area contributed by atoms with Crippen LogP contribution in [0.4, 0.5) is 0 Å². The van der Waals surface area contributed by atoms with E-state index in [1.54, 1.807) is 4.68 Å². The minimum absolute atomic E-state index is 0.00760. The van der Waals surface area contributed by atoms with Gasteiger partial charge in [0.25, 0.3) is 5.91 Å². The van der Waals surface area contributed by atoms with E-state index in [0.717, 1.165) is 36.9 Å². The Morgan fingerprint density at radius 2 is 1.81 bits per heavy atom. The average molecular weight is 446 g/mol. The highest BCUT2D eigenvalue weighted by molar-refractivity contribution is 5.94. The van der Waals surface area contributed by atoms with Gasteiger partial charge in [-0.3, -0.25) is 19.1 Å². The highest BCUT2D eigenvalue weighted by Crippen LogP contribution is 2.27. The fourth-order valence-electron chi connectivity index (χ4n) is 5.18. The Balaban J connectivity index is 1.51. The summed E-state index contributed by atoms with van der Waals surface area (Å²) < 4.78 is 7.21. The summed E-state index contributed by atoms with van der Waals surface area (Å²) in [5, 5.41) is 7.48. The fourth-order valence-corrected chi connectivity index (χ4v) is 5.18. The summed E-state index contributed by atoms with van der Waals surface area (Å²) in [5.74, 6) is 0.0688. The van der Waals surface area contributed by atoms with Crippen LogP contribution in [0.15, 0.2) is 0 Å². The number of carbonyl (C=O) groups excluding carboxylic acids is 3. The van der Waals surface area contributed by atoms with Crippen LogP contribution in [0.1, 0.15) is 60.3 Å². The van der Waals surface area contributed by atoms with Gasteiger partial charge in [-0.1, -0.05) is 0 Å². The molecule has 1 aromatic heterocycles. The van der Waals surface area contributed by atoms with Gasteiger partial charge in [0, 0.05) is 76.6 Å². The molecule has 1 unspecified atom stereocenters. The van der Waals surface area contributed by atoms with Gasteiger partial charge in [0.15, 0.2) is 5.69 Å². The highest BCUT2D eigenvalue weighted by Gasteiger charge is 2.32. The Hall–Kier alpha value is -2.42. The monoisotopic (exact) mass is 445 g/mol. The molecule has 176 valence electrons. The SMILES string of the molecule is CN1C(=O)CCCN(C(=O)C2CCOCC2)CCCNC(=O)c2nn(C)c3c2CC1CC3. The van der Waals surface area contributed by atoms with Crippen molar-refractivity contribution in [1.29, 1.82) is 0 Å². The Labute approximate surface area is 189 Å². The largest absolute Gasteiger partial charge is 0.381 e. The van der Waals surface area contributed by atoms with Crippen molar-refractivity contribution < 1.29 is 19.1 Å². The van der Waals surface area contributed by atoms with E-state index in [-0.39, 0.29) is 29.7 Å². The van der Waals surface area contributed by atoms with E-state index >= 15 is 0 Å². The van der Waals surface area contributed by atoms with Crippen LogP contribution in [-0.4, -0.2) is 83.2 Å². The third-order valence-electron chi connectivity index (χ3n) is 7.18. The molecule has 32 heavy (non-hydrogen) atoms. The van der Waals surface area contributed by atoms with Crippen LogP contribution in [-0.2, 0) is 34.2 Å². The van der Waals surface area contributed by atoms with Gasteiger partial charge in [-0.2, -0.15) is 5.10 Å². The Morgan fingerprint density at radius 3 is 2.59 bits per heavy atom. The van der Waals surface area contributed by atoms with Gasteiger partial charge in [-0.25, -0.2) is 0 Å². The molecule has 0 spiro atoms. The number of fused-ring (bicyclic) bond motifs is 1. The van der Waals surface area contributed by atoms with Crippen molar-refractivity contribution >= 4 is 17.7 Å². The van der Waals surface area contributed by atoms with Gasteiger partial charge in [0.05, 0.1) is 0 Å². The molecule has 1 aliphatic carbocycles. The molecule has 3 heterocycles. The summed E-state index contributed by atoms with van der Waals surface area (Å²) in [4.78, 5) is 42.6. The van der Waals surface area contributed by atoms with Gasteiger partial charge < -0.3 is 19.9 Å². The van der Waals surface area contributed by atoms with Crippen molar-refractivity contribution in [1.82, 2.24) is 24.9 Å². The summed E-state index contributed by atoms with van der Waals surface area (Å²) in [6, 6.07) is 0.0656. The molecule has 4 rings (SSSR count). The molecule has 1 aromatic rings. The molecular formula is C23H35N5O4. The topological polar surface area (TPSA) is 96.8 Å². The average Bonchev–Trinajstić information content (AvgIpc) is 3.15. The van der Waals surface area contributed by atoms with Crippen LogP contribution < -0.4 is 5.32 Å². The van der Waals surface area contributed by atoms with Gasteiger partial charge in [0.1, 0.15) is 0 Å². The van der Waals surface area contributed by atoms with Crippen LogP contribution in [0.25, 0.3) is 0 Å². The van der Waals surface area contributed by atoms with Crippen molar-refractivity contribution in [3.05, 3.63) is 17.0 Å². The van der Waals surface area contributed by atoms with Crippen LogP contribution in [0.2, 0.25) is 0 Å². The van der Waals surface area contributed by atoms with Crippen molar-refractivity contribution in [2.24, 2.45) is 13.0 Å². The van der Waals surface area contributed by atoms with Crippen molar-refractivity contribution in [3.63, 3.8) is 0 Å². The molecule has 0 aromatic carbocycles. The zero-order valence-corrected chi connectivity index (χ0v) is 19.3. The summed E-state index contributed by atoms with van der Waals surface area (Å²) in [7, 11) is 3.74. The van der Waals surface area contributed by atoms with Crippen molar-refractivity contribution in [2.45, 2.75) is 57.4 Å². The summed E-state index contributed by atoms with van der Waals surface area (Å²) in [6.45, 7) is 2.88. The molecule has 0 saturated carbocycles. The molecule has 2 bridgehead atoms. The number of likely N-dealkylation sites (N-methyl/N-ethyl adjacent to an activating group) is 1. The van der Waals surface area contributed by atoms with Crippen LogP contribution >= 0.6 is 0 Å². The summed E-state index contributed by atoms with van der Waals surface area (Å²) >= 11 is 0. The first kappa shape index (κ1) is 22.8. The molecule has 1 atom stereocenters. The minimum Gasteiger partial charge on any atom is -0.381 e. The highest BCUT2D eigenvalue weighted by atomic mass is 16.5. The van der Waals surface area contributed by atoms with Crippen molar-refractivity contribution in [2.75, 3.05) is 39.9 Å². The lowest BCUT2D eigenvalue weighted by Crippen LogP contribution is -2.42. The smallest absolute Gasteiger partial charge is 0.272 e. The number of rotatable bonds is 1. The molecular weight excluding hydrogens is 410 g/mol. The summed E-state index contributed by atoms with van der Waals surface area (Å²) in [5.41, 5.74) is 2.52. The Morgan fingerprint density at radius 1 is 1.06 bits per heavy atom. The van der Waals surface area contributed by atoms with Crippen LogP contribution in [0.5, 0.6) is 0 Å². The zero-order chi connectivity index (χ0) is 22.7.